The summed E-state index contributed by atoms with van der Waals surface area (Å²) in [5.74, 6) is -0.545. The predicted molar refractivity (Wildman–Crippen MR) is 67.9 cm³/mol. The van der Waals surface area contributed by atoms with Crippen molar-refractivity contribution in [3.05, 3.63) is 29.6 Å². The molecule has 1 aromatic carbocycles. The molecule has 0 aliphatic carbocycles. The number of hydrogen-bond acceptors (Lipinski definition) is 5. The van der Waals surface area contributed by atoms with Crippen LogP contribution in [0.25, 0.3) is 0 Å². The van der Waals surface area contributed by atoms with E-state index in [1.165, 1.54) is 31.3 Å². The second-order valence-corrected chi connectivity index (χ2v) is 4.31. The number of ether oxygens (including phenoxy) is 3. The van der Waals surface area contributed by atoms with Crippen molar-refractivity contribution in [2.24, 2.45) is 0 Å². The summed E-state index contributed by atoms with van der Waals surface area (Å²) in [7, 11) is 2.82. The first kappa shape index (κ1) is 14.7. The molecule has 1 aliphatic rings. The highest BCUT2D eigenvalue weighted by atomic mass is 19.1. The van der Waals surface area contributed by atoms with E-state index in [-0.39, 0.29) is 18.7 Å². The van der Waals surface area contributed by atoms with Crippen LogP contribution in [0.4, 0.5) is 14.9 Å². The van der Waals surface area contributed by atoms with E-state index in [1.807, 2.05) is 0 Å². The van der Waals surface area contributed by atoms with Gasteiger partial charge in [0.15, 0.2) is 6.29 Å². The number of nitrogens with zero attached hydrogens (tertiary/aromatic N) is 1. The number of aliphatic hydroxyl groups is 1. The maximum atomic E-state index is 14.0. The van der Waals surface area contributed by atoms with Crippen LogP contribution in [0.2, 0.25) is 0 Å². The van der Waals surface area contributed by atoms with E-state index < -0.39 is 24.3 Å². The Morgan fingerprint density at radius 1 is 1.50 bits per heavy atom. The van der Waals surface area contributed by atoms with E-state index in [1.54, 1.807) is 6.07 Å². The van der Waals surface area contributed by atoms with Crippen LogP contribution in [0, 0.1) is 5.82 Å². The number of halogens is 1. The lowest BCUT2D eigenvalue weighted by molar-refractivity contribution is -0.107. The maximum Gasteiger partial charge on any atom is 0.414 e. The summed E-state index contributed by atoms with van der Waals surface area (Å²) < 4.78 is 28.9. The van der Waals surface area contributed by atoms with Gasteiger partial charge in [-0.15, -0.1) is 0 Å². The number of amides is 1. The van der Waals surface area contributed by atoms with Gasteiger partial charge in [0.25, 0.3) is 0 Å². The number of methoxy groups -OCH3 is 2. The number of carbonyl (C=O) groups excluding carboxylic acids is 1. The first-order valence-corrected chi connectivity index (χ1v) is 6.04. The van der Waals surface area contributed by atoms with E-state index in [0.29, 0.717) is 5.69 Å². The number of anilines is 1. The highest BCUT2D eigenvalue weighted by Crippen LogP contribution is 2.27. The molecule has 1 atom stereocenters. The minimum atomic E-state index is -0.806. The number of benzene rings is 1. The Balaban J connectivity index is 2.23. The molecule has 1 heterocycles. The molecule has 20 heavy (non-hydrogen) atoms. The third-order valence-corrected chi connectivity index (χ3v) is 3.06. The SMILES string of the molecule is COC(OC)c1ccc(N2CC(CO)OC2=O)cc1F. The van der Waals surface area contributed by atoms with Gasteiger partial charge < -0.3 is 19.3 Å². The first-order valence-electron chi connectivity index (χ1n) is 6.04. The summed E-state index contributed by atoms with van der Waals surface area (Å²) in [6.07, 6.45) is -2.00. The average Bonchev–Trinajstić information content (AvgIpc) is 2.83. The van der Waals surface area contributed by atoms with Crippen LogP contribution in [0.15, 0.2) is 18.2 Å². The van der Waals surface area contributed by atoms with Gasteiger partial charge in [-0.1, -0.05) is 0 Å². The van der Waals surface area contributed by atoms with Crippen molar-refractivity contribution in [3.63, 3.8) is 0 Å². The smallest absolute Gasteiger partial charge is 0.414 e. The monoisotopic (exact) mass is 285 g/mol. The molecule has 2 rings (SSSR count). The van der Waals surface area contributed by atoms with Gasteiger partial charge in [-0.25, -0.2) is 9.18 Å². The molecule has 1 fully saturated rings. The second kappa shape index (κ2) is 6.17. The molecule has 0 bridgehead atoms. The number of cyclic esters (lactones) is 1. The summed E-state index contributed by atoms with van der Waals surface area (Å²) >= 11 is 0. The molecule has 1 unspecified atom stereocenters. The number of carbonyl (C=O) groups is 1. The topological polar surface area (TPSA) is 68.2 Å². The highest BCUT2D eigenvalue weighted by molar-refractivity contribution is 5.89. The summed E-state index contributed by atoms with van der Waals surface area (Å²) in [5.41, 5.74) is 0.600. The van der Waals surface area contributed by atoms with Gasteiger partial charge in [-0.05, 0) is 18.2 Å². The Labute approximate surface area is 115 Å². The molecule has 0 aromatic heterocycles. The lowest BCUT2D eigenvalue weighted by atomic mass is 10.1. The minimum Gasteiger partial charge on any atom is -0.441 e. The van der Waals surface area contributed by atoms with Gasteiger partial charge in [0.2, 0.25) is 0 Å². The van der Waals surface area contributed by atoms with Crippen LogP contribution < -0.4 is 4.90 Å². The Morgan fingerprint density at radius 2 is 2.20 bits per heavy atom. The normalized spacial score (nSPS) is 18.8. The fourth-order valence-corrected chi connectivity index (χ4v) is 2.05. The van der Waals surface area contributed by atoms with Crippen molar-refractivity contribution in [1.29, 1.82) is 0 Å². The molecule has 1 amide bonds. The molecular formula is C13H16FNO5. The van der Waals surface area contributed by atoms with Crippen LogP contribution in [-0.2, 0) is 14.2 Å². The van der Waals surface area contributed by atoms with Gasteiger partial charge >= 0.3 is 6.09 Å². The van der Waals surface area contributed by atoms with Crippen LogP contribution in [-0.4, -0.2) is 44.7 Å². The number of aliphatic hydroxyl groups excluding tert-OH is 1. The molecule has 0 radical (unpaired) electrons. The quantitative estimate of drug-likeness (QED) is 0.829. The third kappa shape index (κ3) is 2.74. The lowest BCUT2D eigenvalue weighted by Gasteiger charge is -2.17. The fraction of sp³-hybridized carbons (Fsp3) is 0.462. The van der Waals surface area contributed by atoms with Gasteiger partial charge in [0.1, 0.15) is 11.9 Å². The molecular weight excluding hydrogens is 269 g/mol. The zero-order chi connectivity index (χ0) is 14.7. The van der Waals surface area contributed by atoms with Crippen molar-refractivity contribution in [1.82, 2.24) is 0 Å². The first-order chi connectivity index (χ1) is 9.60. The Hall–Kier alpha value is -1.70. The standard InChI is InChI=1S/C13H16FNO5/c1-18-12(19-2)10-4-3-8(5-11(10)14)15-6-9(7-16)20-13(15)17/h3-5,9,12,16H,6-7H2,1-2H3. The predicted octanol–water partition coefficient (Wildman–Crippen LogP) is 1.43. The minimum absolute atomic E-state index is 0.187. The summed E-state index contributed by atoms with van der Waals surface area (Å²) in [6.45, 7) is -0.0790. The third-order valence-electron chi connectivity index (χ3n) is 3.06. The molecule has 1 saturated heterocycles. The largest absolute Gasteiger partial charge is 0.441 e. The molecule has 1 N–H and O–H groups in total. The summed E-state index contributed by atoms with van der Waals surface area (Å²) in [5, 5.41) is 8.97. The highest BCUT2D eigenvalue weighted by Gasteiger charge is 2.32. The lowest BCUT2D eigenvalue weighted by Crippen LogP contribution is -2.25. The molecule has 7 heteroatoms. The van der Waals surface area contributed by atoms with Crippen molar-refractivity contribution >= 4 is 11.8 Å². The van der Waals surface area contributed by atoms with Crippen molar-refractivity contribution < 1.29 is 28.5 Å². The van der Waals surface area contributed by atoms with E-state index >= 15 is 0 Å². The Bertz CT molecular complexity index is 492. The van der Waals surface area contributed by atoms with Crippen molar-refractivity contribution in [2.45, 2.75) is 12.4 Å². The molecule has 110 valence electrons. The molecule has 1 aromatic rings. The zero-order valence-corrected chi connectivity index (χ0v) is 11.2. The van der Waals surface area contributed by atoms with E-state index in [2.05, 4.69) is 0 Å². The van der Waals surface area contributed by atoms with Crippen LogP contribution in [0.5, 0.6) is 0 Å². The second-order valence-electron chi connectivity index (χ2n) is 4.31. The molecule has 6 nitrogen and oxygen atoms in total. The Kier molecular flexibility index (Phi) is 4.53. The zero-order valence-electron chi connectivity index (χ0n) is 11.2. The molecule has 1 aliphatic heterocycles. The maximum absolute atomic E-state index is 14.0. The van der Waals surface area contributed by atoms with Gasteiger partial charge in [-0.2, -0.15) is 0 Å². The van der Waals surface area contributed by atoms with Crippen LogP contribution in [0.3, 0.4) is 0 Å². The number of rotatable bonds is 5. The van der Waals surface area contributed by atoms with Gasteiger partial charge in [-0.3, -0.25) is 4.90 Å². The average molecular weight is 285 g/mol. The van der Waals surface area contributed by atoms with Crippen LogP contribution >= 0.6 is 0 Å². The van der Waals surface area contributed by atoms with Crippen molar-refractivity contribution in [3.8, 4) is 0 Å². The van der Waals surface area contributed by atoms with E-state index in [4.69, 9.17) is 19.3 Å². The van der Waals surface area contributed by atoms with Gasteiger partial charge in [0, 0.05) is 19.8 Å². The summed E-state index contributed by atoms with van der Waals surface area (Å²) in [4.78, 5) is 12.9. The van der Waals surface area contributed by atoms with Crippen molar-refractivity contribution in [2.75, 3.05) is 32.3 Å². The van der Waals surface area contributed by atoms with E-state index in [0.717, 1.165) is 0 Å². The number of hydrogen-bond donors (Lipinski definition) is 1. The van der Waals surface area contributed by atoms with E-state index in [9.17, 15) is 9.18 Å². The molecule has 0 saturated carbocycles. The summed E-state index contributed by atoms with van der Waals surface area (Å²) in [6, 6.07) is 4.27. The Morgan fingerprint density at radius 3 is 2.70 bits per heavy atom. The van der Waals surface area contributed by atoms with Crippen LogP contribution in [0.1, 0.15) is 11.9 Å². The van der Waals surface area contributed by atoms with Gasteiger partial charge in [0.05, 0.1) is 18.8 Å². The molecule has 0 spiro atoms. The fourth-order valence-electron chi connectivity index (χ4n) is 2.05.